The van der Waals surface area contributed by atoms with E-state index in [2.05, 4.69) is 4.98 Å². The summed E-state index contributed by atoms with van der Waals surface area (Å²) in [6.45, 7) is 3.91. The summed E-state index contributed by atoms with van der Waals surface area (Å²) in [4.78, 5) is 4.20. The van der Waals surface area contributed by atoms with Crippen molar-refractivity contribution in [2.45, 2.75) is 19.4 Å². The molecule has 1 aromatic heterocycles. The molecule has 3 nitrogen and oxygen atoms in total. The van der Waals surface area contributed by atoms with Gasteiger partial charge >= 0.3 is 0 Å². The number of nitrogen functional groups attached to an aromatic ring is 1. The summed E-state index contributed by atoms with van der Waals surface area (Å²) in [5, 5.41) is 2.26. The Bertz CT molecular complexity index is 676. The van der Waals surface area contributed by atoms with Crippen LogP contribution in [-0.2, 0) is 0 Å². The van der Waals surface area contributed by atoms with Gasteiger partial charge in [-0.1, -0.05) is 6.08 Å². The predicted octanol–water partition coefficient (Wildman–Crippen LogP) is 3.72. The molecule has 3 rings (SSSR count). The first-order valence-electron chi connectivity index (χ1n) is 5.88. The van der Waals surface area contributed by atoms with Crippen LogP contribution in [0.15, 0.2) is 23.6 Å². The molecule has 0 radical (unpaired) electrons. The van der Waals surface area contributed by atoms with Crippen molar-refractivity contribution in [3.63, 3.8) is 0 Å². The van der Waals surface area contributed by atoms with Crippen molar-refractivity contribution in [2.75, 3.05) is 5.73 Å². The lowest BCUT2D eigenvalue weighted by atomic mass is 9.98. The first kappa shape index (κ1) is 12.2. The quantitative estimate of drug-likeness (QED) is 0.863. The summed E-state index contributed by atoms with van der Waals surface area (Å²) >= 11 is 1.33. The number of thiazole rings is 1. The molecule has 2 N–H and O–H groups in total. The second kappa shape index (κ2) is 4.06. The van der Waals surface area contributed by atoms with Crippen LogP contribution >= 0.6 is 11.3 Å². The molecule has 2 aromatic rings. The van der Waals surface area contributed by atoms with Gasteiger partial charge in [-0.25, -0.2) is 9.37 Å². The van der Waals surface area contributed by atoms with Crippen molar-refractivity contribution < 1.29 is 9.13 Å². The maximum absolute atomic E-state index is 13.7. The van der Waals surface area contributed by atoms with Gasteiger partial charge in [0.15, 0.2) is 5.13 Å². The van der Waals surface area contributed by atoms with Crippen LogP contribution in [0, 0.1) is 5.82 Å². The number of fused-ring (bicyclic) bond motifs is 1. The SMILES string of the molecule is CC1(C)C=Cc2cc(F)cc(-c3csc(N)n3)c2O1. The summed E-state index contributed by atoms with van der Waals surface area (Å²) in [6.07, 6.45) is 3.79. The van der Waals surface area contributed by atoms with Gasteiger partial charge in [-0.3, -0.25) is 0 Å². The van der Waals surface area contributed by atoms with Gasteiger partial charge in [0.25, 0.3) is 0 Å². The zero-order valence-corrected chi connectivity index (χ0v) is 11.4. The van der Waals surface area contributed by atoms with Gasteiger partial charge in [-0.2, -0.15) is 0 Å². The van der Waals surface area contributed by atoms with Crippen molar-refractivity contribution in [1.82, 2.24) is 4.98 Å². The Morgan fingerprint density at radius 1 is 1.37 bits per heavy atom. The van der Waals surface area contributed by atoms with Gasteiger partial charge < -0.3 is 10.5 Å². The highest BCUT2D eigenvalue weighted by molar-refractivity contribution is 7.13. The Kier molecular flexibility index (Phi) is 2.60. The average molecular weight is 276 g/mol. The lowest BCUT2D eigenvalue weighted by molar-refractivity contribution is 0.159. The minimum absolute atomic E-state index is 0.312. The van der Waals surface area contributed by atoms with Crippen LogP contribution in [0.3, 0.4) is 0 Å². The van der Waals surface area contributed by atoms with Crippen molar-refractivity contribution >= 4 is 22.5 Å². The van der Waals surface area contributed by atoms with E-state index in [1.807, 2.05) is 26.0 Å². The van der Waals surface area contributed by atoms with E-state index in [0.717, 1.165) is 5.56 Å². The monoisotopic (exact) mass is 276 g/mol. The van der Waals surface area contributed by atoms with E-state index >= 15 is 0 Å². The number of ether oxygens (including phenoxy) is 1. The fraction of sp³-hybridized carbons (Fsp3) is 0.214. The van der Waals surface area contributed by atoms with Crippen molar-refractivity contribution in [3.8, 4) is 17.0 Å². The molecule has 98 valence electrons. The molecule has 0 saturated heterocycles. The Balaban J connectivity index is 2.21. The van der Waals surface area contributed by atoms with E-state index in [1.165, 1.54) is 23.5 Å². The van der Waals surface area contributed by atoms with Crippen LogP contribution in [0.5, 0.6) is 5.75 Å². The van der Waals surface area contributed by atoms with Crippen LogP contribution in [-0.4, -0.2) is 10.6 Å². The smallest absolute Gasteiger partial charge is 0.180 e. The fourth-order valence-electron chi connectivity index (χ4n) is 2.04. The van der Waals surface area contributed by atoms with Crippen molar-refractivity contribution in [1.29, 1.82) is 0 Å². The Morgan fingerprint density at radius 2 is 2.16 bits per heavy atom. The van der Waals surface area contributed by atoms with Gasteiger partial charge in [-0.05, 0) is 32.1 Å². The highest BCUT2D eigenvalue weighted by Crippen LogP contribution is 2.40. The summed E-state index contributed by atoms with van der Waals surface area (Å²) in [7, 11) is 0. The summed E-state index contributed by atoms with van der Waals surface area (Å²) in [5.74, 6) is 0.340. The van der Waals surface area contributed by atoms with Crippen molar-refractivity contribution in [3.05, 3.63) is 35.0 Å². The molecule has 0 amide bonds. The summed E-state index contributed by atoms with van der Waals surface area (Å²) < 4.78 is 19.6. The van der Waals surface area contributed by atoms with Crippen LogP contribution in [0.25, 0.3) is 17.3 Å². The molecule has 0 aliphatic carbocycles. The Labute approximate surface area is 114 Å². The zero-order valence-electron chi connectivity index (χ0n) is 10.6. The van der Waals surface area contributed by atoms with Crippen LogP contribution < -0.4 is 10.5 Å². The fourth-order valence-corrected chi connectivity index (χ4v) is 2.60. The standard InChI is InChI=1S/C14H13FN2OS/c1-14(2)4-3-8-5-9(15)6-10(12(8)18-14)11-7-19-13(16)17-11/h3-7H,1-2H3,(H2,16,17). The summed E-state index contributed by atoms with van der Waals surface area (Å²) in [5.41, 5.74) is 7.23. The van der Waals surface area contributed by atoms with E-state index < -0.39 is 5.60 Å². The second-order valence-electron chi connectivity index (χ2n) is 4.98. The van der Waals surface area contributed by atoms with Gasteiger partial charge in [0.05, 0.1) is 5.69 Å². The number of hydrogen-bond donors (Lipinski definition) is 1. The number of hydrogen-bond acceptors (Lipinski definition) is 4. The van der Waals surface area contributed by atoms with Crippen LogP contribution in [0.1, 0.15) is 19.4 Å². The Morgan fingerprint density at radius 3 is 2.84 bits per heavy atom. The third-order valence-corrected chi connectivity index (χ3v) is 3.58. The number of anilines is 1. The molecule has 0 saturated carbocycles. The van der Waals surface area contributed by atoms with Gasteiger partial charge in [0.1, 0.15) is 17.2 Å². The number of nitrogens with zero attached hydrogens (tertiary/aromatic N) is 1. The lowest BCUT2D eigenvalue weighted by Crippen LogP contribution is -2.27. The van der Waals surface area contributed by atoms with Gasteiger partial charge in [0, 0.05) is 16.5 Å². The number of nitrogens with two attached hydrogens (primary N) is 1. The maximum atomic E-state index is 13.7. The van der Waals surface area contributed by atoms with E-state index in [-0.39, 0.29) is 5.82 Å². The molecule has 0 atom stereocenters. The van der Waals surface area contributed by atoms with Crippen LogP contribution in [0.2, 0.25) is 0 Å². The average Bonchev–Trinajstić information content (AvgIpc) is 2.75. The topological polar surface area (TPSA) is 48.1 Å². The minimum Gasteiger partial charge on any atom is -0.482 e. The van der Waals surface area contributed by atoms with E-state index in [4.69, 9.17) is 10.5 Å². The highest BCUT2D eigenvalue weighted by atomic mass is 32.1. The third-order valence-electron chi connectivity index (χ3n) is 2.91. The molecule has 0 unspecified atom stereocenters. The third kappa shape index (κ3) is 2.21. The van der Waals surface area contributed by atoms with E-state index in [1.54, 1.807) is 5.38 Å². The predicted molar refractivity (Wildman–Crippen MR) is 75.7 cm³/mol. The highest BCUT2D eigenvalue weighted by Gasteiger charge is 2.25. The lowest BCUT2D eigenvalue weighted by Gasteiger charge is -2.29. The molecule has 0 bridgehead atoms. The zero-order chi connectivity index (χ0) is 13.6. The number of halogens is 1. The molecule has 19 heavy (non-hydrogen) atoms. The molecular weight excluding hydrogens is 263 g/mol. The van der Waals surface area contributed by atoms with Gasteiger partial charge in [0.2, 0.25) is 0 Å². The molecule has 5 heteroatoms. The summed E-state index contributed by atoms with van der Waals surface area (Å²) in [6, 6.07) is 2.89. The number of benzene rings is 1. The molecule has 0 fully saturated rings. The largest absolute Gasteiger partial charge is 0.482 e. The second-order valence-corrected chi connectivity index (χ2v) is 5.87. The van der Waals surface area contributed by atoms with Crippen LogP contribution in [0.4, 0.5) is 9.52 Å². The molecule has 1 aromatic carbocycles. The molecule has 1 aliphatic rings. The van der Waals surface area contributed by atoms with E-state index in [0.29, 0.717) is 22.1 Å². The minimum atomic E-state index is -0.416. The number of aromatic nitrogens is 1. The molecular formula is C14H13FN2OS. The molecule has 1 aliphatic heterocycles. The normalized spacial score (nSPS) is 15.9. The first-order valence-corrected chi connectivity index (χ1v) is 6.76. The van der Waals surface area contributed by atoms with Gasteiger partial charge in [-0.15, -0.1) is 11.3 Å². The molecule has 0 spiro atoms. The molecule has 2 heterocycles. The Hall–Kier alpha value is -1.88. The van der Waals surface area contributed by atoms with E-state index in [9.17, 15) is 4.39 Å². The first-order chi connectivity index (χ1) is 8.94. The number of rotatable bonds is 1. The van der Waals surface area contributed by atoms with Crippen molar-refractivity contribution in [2.24, 2.45) is 0 Å². The maximum Gasteiger partial charge on any atom is 0.180 e.